The molecule has 4 nitrogen and oxygen atoms in total. The van der Waals surface area contributed by atoms with Crippen LogP contribution in [0.2, 0.25) is 0 Å². The number of rotatable bonds is 2. The molecular formula is C17H24BrNO3. The molecule has 0 N–H and O–H groups in total. The molecule has 0 aromatic heterocycles. The molecule has 1 aliphatic rings. The van der Waals surface area contributed by atoms with Gasteiger partial charge in [-0.2, -0.15) is 0 Å². The van der Waals surface area contributed by atoms with Crippen molar-refractivity contribution in [3.63, 3.8) is 0 Å². The zero-order valence-electron chi connectivity index (χ0n) is 13.7. The molecule has 0 atom stereocenters. The van der Waals surface area contributed by atoms with Crippen LogP contribution in [0.1, 0.15) is 45.1 Å². The minimum absolute atomic E-state index is 0.210. The normalized spacial score (nSPS) is 16.5. The molecule has 1 amide bonds. The van der Waals surface area contributed by atoms with E-state index < -0.39 is 5.60 Å². The van der Waals surface area contributed by atoms with Crippen LogP contribution in [0.5, 0.6) is 5.75 Å². The van der Waals surface area contributed by atoms with E-state index in [2.05, 4.69) is 28.1 Å². The molecule has 0 bridgehead atoms. The van der Waals surface area contributed by atoms with Gasteiger partial charge in [-0.05, 0) is 63.3 Å². The lowest BCUT2D eigenvalue weighted by Crippen LogP contribution is -2.41. The largest absolute Gasteiger partial charge is 0.497 e. The van der Waals surface area contributed by atoms with Crippen LogP contribution < -0.4 is 4.74 Å². The van der Waals surface area contributed by atoms with Gasteiger partial charge in [0.25, 0.3) is 0 Å². The number of hydrogen-bond donors (Lipinski definition) is 0. The van der Waals surface area contributed by atoms with E-state index in [-0.39, 0.29) is 6.09 Å². The smallest absolute Gasteiger partial charge is 0.410 e. The number of likely N-dealkylation sites (tertiary alicyclic amines) is 1. The Morgan fingerprint density at radius 3 is 2.41 bits per heavy atom. The Morgan fingerprint density at radius 2 is 1.86 bits per heavy atom. The third kappa shape index (κ3) is 4.63. The second-order valence-electron chi connectivity index (χ2n) is 6.67. The fourth-order valence-electron chi connectivity index (χ4n) is 2.66. The van der Waals surface area contributed by atoms with Crippen LogP contribution >= 0.6 is 15.9 Å². The van der Waals surface area contributed by atoms with Gasteiger partial charge in [0.05, 0.1) is 7.11 Å². The van der Waals surface area contributed by atoms with Crippen LogP contribution in [-0.2, 0) is 4.74 Å². The first-order valence-corrected chi connectivity index (χ1v) is 8.40. The molecule has 1 aromatic carbocycles. The SMILES string of the molecule is COc1cc(Br)cc(C2CCN(C(=O)OC(C)(C)C)CC2)c1. The third-order valence-electron chi connectivity index (χ3n) is 3.75. The van der Waals surface area contributed by atoms with E-state index in [0.29, 0.717) is 5.92 Å². The zero-order chi connectivity index (χ0) is 16.3. The second kappa shape index (κ2) is 6.90. The Labute approximate surface area is 140 Å². The molecule has 0 saturated carbocycles. The van der Waals surface area contributed by atoms with E-state index in [1.807, 2.05) is 26.8 Å². The minimum atomic E-state index is -0.439. The number of benzene rings is 1. The first-order chi connectivity index (χ1) is 10.3. The van der Waals surface area contributed by atoms with Crippen LogP contribution in [0.15, 0.2) is 22.7 Å². The summed E-state index contributed by atoms with van der Waals surface area (Å²) in [6.45, 7) is 7.14. The molecule has 5 heteroatoms. The molecule has 1 fully saturated rings. The molecule has 0 radical (unpaired) electrons. The van der Waals surface area contributed by atoms with Crippen molar-refractivity contribution in [2.24, 2.45) is 0 Å². The molecule has 122 valence electrons. The monoisotopic (exact) mass is 369 g/mol. The molecule has 1 aliphatic heterocycles. The summed E-state index contributed by atoms with van der Waals surface area (Å²) >= 11 is 3.52. The summed E-state index contributed by atoms with van der Waals surface area (Å²) in [6.07, 6.45) is 1.68. The van der Waals surface area contributed by atoms with Crippen LogP contribution in [0.25, 0.3) is 0 Å². The van der Waals surface area contributed by atoms with Gasteiger partial charge in [0.2, 0.25) is 0 Å². The highest BCUT2D eigenvalue weighted by Gasteiger charge is 2.27. The van der Waals surface area contributed by atoms with Crippen molar-refractivity contribution in [1.82, 2.24) is 4.90 Å². The number of amides is 1. The summed E-state index contributed by atoms with van der Waals surface area (Å²) in [6, 6.07) is 6.17. The number of nitrogens with zero attached hydrogens (tertiary/aromatic N) is 1. The minimum Gasteiger partial charge on any atom is -0.497 e. The summed E-state index contributed by atoms with van der Waals surface area (Å²) in [5.74, 6) is 1.31. The van der Waals surface area contributed by atoms with Gasteiger partial charge in [-0.3, -0.25) is 0 Å². The van der Waals surface area contributed by atoms with Gasteiger partial charge in [-0.1, -0.05) is 15.9 Å². The number of hydrogen-bond acceptors (Lipinski definition) is 3. The lowest BCUT2D eigenvalue weighted by molar-refractivity contribution is 0.0205. The molecule has 22 heavy (non-hydrogen) atoms. The predicted octanol–water partition coefficient (Wildman–Crippen LogP) is 4.57. The first-order valence-electron chi connectivity index (χ1n) is 7.61. The fourth-order valence-corrected chi connectivity index (χ4v) is 3.15. The van der Waals surface area contributed by atoms with Crippen molar-refractivity contribution < 1.29 is 14.3 Å². The third-order valence-corrected chi connectivity index (χ3v) is 4.21. The summed E-state index contributed by atoms with van der Waals surface area (Å²) in [5.41, 5.74) is 0.820. The van der Waals surface area contributed by atoms with Gasteiger partial charge in [-0.15, -0.1) is 0 Å². The van der Waals surface area contributed by atoms with Crippen LogP contribution in [0.3, 0.4) is 0 Å². The van der Waals surface area contributed by atoms with Crippen molar-refractivity contribution in [3.05, 3.63) is 28.2 Å². The highest BCUT2D eigenvalue weighted by molar-refractivity contribution is 9.10. The maximum Gasteiger partial charge on any atom is 0.410 e. The van der Waals surface area contributed by atoms with E-state index in [4.69, 9.17) is 9.47 Å². The maximum atomic E-state index is 12.1. The molecule has 1 saturated heterocycles. The molecule has 1 aromatic rings. The number of methoxy groups -OCH3 is 1. The number of ether oxygens (including phenoxy) is 2. The van der Waals surface area contributed by atoms with Crippen molar-refractivity contribution in [3.8, 4) is 5.75 Å². The van der Waals surface area contributed by atoms with E-state index >= 15 is 0 Å². The topological polar surface area (TPSA) is 38.8 Å². The molecule has 1 heterocycles. The Hall–Kier alpha value is -1.23. The molecule has 2 rings (SSSR count). The zero-order valence-corrected chi connectivity index (χ0v) is 15.3. The van der Waals surface area contributed by atoms with E-state index in [9.17, 15) is 4.79 Å². The highest BCUT2D eigenvalue weighted by Crippen LogP contribution is 2.33. The lowest BCUT2D eigenvalue weighted by Gasteiger charge is -2.33. The Balaban J connectivity index is 1.97. The standard InChI is InChI=1S/C17H24BrNO3/c1-17(2,3)22-16(20)19-7-5-12(6-8-19)13-9-14(18)11-15(10-13)21-4/h9-12H,5-8H2,1-4H3. The van der Waals surface area contributed by atoms with Crippen LogP contribution in [0, 0.1) is 0 Å². The quantitative estimate of drug-likeness (QED) is 0.765. The van der Waals surface area contributed by atoms with Crippen molar-refractivity contribution in [1.29, 1.82) is 0 Å². The van der Waals surface area contributed by atoms with Gasteiger partial charge in [0, 0.05) is 17.6 Å². The Morgan fingerprint density at radius 1 is 1.23 bits per heavy atom. The van der Waals surface area contributed by atoms with Gasteiger partial charge < -0.3 is 14.4 Å². The van der Waals surface area contributed by atoms with Crippen LogP contribution in [-0.4, -0.2) is 36.8 Å². The Kier molecular flexibility index (Phi) is 5.37. The Bertz CT molecular complexity index is 531. The molecular weight excluding hydrogens is 346 g/mol. The van der Waals surface area contributed by atoms with E-state index in [1.54, 1.807) is 12.0 Å². The maximum absolute atomic E-state index is 12.1. The molecule has 0 spiro atoms. The average Bonchev–Trinajstić information content (AvgIpc) is 2.45. The number of carbonyl (C=O) groups is 1. The van der Waals surface area contributed by atoms with Gasteiger partial charge in [0.1, 0.15) is 11.4 Å². The average molecular weight is 370 g/mol. The number of carbonyl (C=O) groups excluding carboxylic acids is 1. The second-order valence-corrected chi connectivity index (χ2v) is 7.58. The highest BCUT2D eigenvalue weighted by atomic mass is 79.9. The van der Waals surface area contributed by atoms with E-state index in [1.165, 1.54) is 5.56 Å². The lowest BCUT2D eigenvalue weighted by atomic mass is 9.89. The predicted molar refractivity (Wildman–Crippen MR) is 90.5 cm³/mol. The van der Waals surface area contributed by atoms with Gasteiger partial charge in [-0.25, -0.2) is 4.79 Å². The summed E-state index contributed by atoms with van der Waals surface area (Å²) < 4.78 is 11.8. The number of piperidine rings is 1. The molecule has 0 aliphatic carbocycles. The first kappa shape index (κ1) is 17.1. The fraction of sp³-hybridized carbons (Fsp3) is 0.588. The van der Waals surface area contributed by atoms with Gasteiger partial charge >= 0.3 is 6.09 Å². The van der Waals surface area contributed by atoms with Crippen LogP contribution in [0.4, 0.5) is 4.79 Å². The van der Waals surface area contributed by atoms with Crippen molar-refractivity contribution in [2.45, 2.75) is 45.1 Å². The summed E-state index contributed by atoms with van der Waals surface area (Å²) in [4.78, 5) is 13.9. The molecule has 0 unspecified atom stereocenters. The van der Waals surface area contributed by atoms with Crippen molar-refractivity contribution >= 4 is 22.0 Å². The van der Waals surface area contributed by atoms with E-state index in [0.717, 1.165) is 36.2 Å². The van der Waals surface area contributed by atoms with Crippen molar-refractivity contribution in [2.75, 3.05) is 20.2 Å². The summed E-state index contributed by atoms with van der Waals surface area (Å²) in [5, 5.41) is 0. The summed E-state index contributed by atoms with van der Waals surface area (Å²) in [7, 11) is 1.68. The van der Waals surface area contributed by atoms with Gasteiger partial charge in [0.15, 0.2) is 0 Å². The number of halogens is 1.